The summed E-state index contributed by atoms with van der Waals surface area (Å²) in [4.78, 5) is 11.0. The third kappa shape index (κ3) is 1.77. The van der Waals surface area contributed by atoms with Gasteiger partial charge in [0.2, 0.25) is 0 Å². The second-order valence-electron chi connectivity index (χ2n) is 2.66. The first-order valence-electron chi connectivity index (χ1n) is 3.77. The first-order chi connectivity index (χ1) is 5.25. The van der Waals surface area contributed by atoms with E-state index in [1.807, 2.05) is 19.1 Å². The summed E-state index contributed by atoms with van der Waals surface area (Å²) in [5.74, 6) is -0.193. The average Bonchev–Trinajstić information content (AvgIpc) is 2.29. The quantitative estimate of drug-likeness (QED) is 0.601. The predicted molar refractivity (Wildman–Crippen MR) is 43.1 cm³/mol. The SMILES string of the molecule is C/C=C/C[C@@H]1C(=O)C=C[C@@H]1O. The van der Waals surface area contributed by atoms with Gasteiger partial charge in [-0.2, -0.15) is 0 Å². The fraction of sp³-hybridized carbons (Fsp3) is 0.444. The number of allylic oxidation sites excluding steroid dienone is 3. The molecular weight excluding hydrogens is 140 g/mol. The highest BCUT2D eigenvalue weighted by Gasteiger charge is 2.26. The van der Waals surface area contributed by atoms with E-state index in [0.29, 0.717) is 6.42 Å². The van der Waals surface area contributed by atoms with Crippen LogP contribution >= 0.6 is 0 Å². The van der Waals surface area contributed by atoms with Crippen LogP contribution in [-0.2, 0) is 4.79 Å². The van der Waals surface area contributed by atoms with Crippen LogP contribution < -0.4 is 0 Å². The first-order valence-corrected chi connectivity index (χ1v) is 3.77. The van der Waals surface area contributed by atoms with Crippen molar-refractivity contribution >= 4 is 5.78 Å². The van der Waals surface area contributed by atoms with Crippen molar-refractivity contribution in [3.8, 4) is 0 Å². The Bertz CT molecular complexity index is 204. The van der Waals surface area contributed by atoms with E-state index < -0.39 is 6.10 Å². The molecule has 1 N–H and O–H groups in total. The zero-order valence-electron chi connectivity index (χ0n) is 6.53. The van der Waals surface area contributed by atoms with Gasteiger partial charge in [-0.25, -0.2) is 0 Å². The number of aliphatic hydroxyl groups excluding tert-OH is 1. The molecule has 0 saturated heterocycles. The second kappa shape index (κ2) is 3.49. The maximum atomic E-state index is 11.0. The van der Waals surface area contributed by atoms with Gasteiger partial charge in [0.15, 0.2) is 5.78 Å². The molecule has 1 aliphatic rings. The highest BCUT2D eigenvalue weighted by Crippen LogP contribution is 2.19. The third-order valence-electron chi connectivity index (χ3n) is 1.86. The van der Waals surface area contributed by atoms with E-state index in [9.17, 15) is 9.90 Å². The van der Waals surface area contributed by atoms with Crippen molar-refractivity contribution in [2.24, 2.45) is 5.92 Å². The minimum Gasteiger partial charge on any atom is -0.388 e. The maximum Gasteiger partial charge on any atom is 0.161 e. The van der Waals surface area contributed by atoms with Crippen LogP contribution in [0, 0.1) is 5.92 Å². The van der Waals surface area contributed by atoms with E-state index in [1.165, 1.54) is 6.08 Å². The normalized spacial score (nSPS) is 30.5. The van der Waals surface area contributed by atoms with E-state index >= 15 is 0 Å². The van der Waals surface area contributed by atoms with Crippen molar-refractivity contribution in [2.45, 2.75) is 19.4 Å². The number of hydrogen-bond donors (Lipinski definition) is 1. The molecule has 1 aliphatic carbocycles. The Morgan fingerprint density at radius 3 is 2.91 bits per heavy atom. The van der Waals surface area contributed by atoms with Gasteiger partial charge in [-0.15, -0.1) is 0 Å². The molecule has 0 heterocycles. The van der Waals surface area contributed by atoms with Gasteiger partial charge in [-0.05, 0) is 19.4 Å². The van der Waals surface area contributed by atoms with Crippen molar-refractivity contribution in [1.29, 1.82) is 0 Å². The largest absolute Gasteiger partial charge is 0.388 e. The Labute approximate surface area is 66.2 Å². The van der Waals surface area contributed by atoms with Crippen LogP contribution in [0.25, 0.3) is 0 Å². The van der Waals surface area contributed by atoms with Crippen molar-refractivity contribution in [1.82, 2.24) is 0 Å². The molecule has 0 radical (unpaired) electrons. The van der Waals surface area contributed by atoms with Crippen LogP contribution in [0.15, 0.2) is 24.3 Å². The lowest BCUT2D eigenvalue weighted by atomic mass is 10.00. The van der Waals surface area contributed by atoms with Crippen LogP contribution in [0.3, 0.4) is 0 Å². The monoisotopic (exact) mass is 152 g/mol. The molecule has 0 spiro atoms. The van der Waals surface area contributed by atoms with E-state index in [1.54, 1.807) is 6.08 Å². The molecule has 0 saturated carbocycles. The summed E-state index contributed by atoms with van der Waals surface area (Å²) in [5, 5.41) is 9.24. The van der Waals surface area contributed by atoms with Crippen LogP contribution in [-0.4, -0.2) is 17.0 Å². The summed E-state index contributed by atoms with van der Waals surface area (Å²) < 4.78 is 0. The van der Waals surface area contributed by atoms with Crippen molar-refractivity contribution < 1.29 is 9.90 Å². The lowest BCUT2D eigenvalue weighted by Gasteiger charge is -2.08. The van der Waals surface area contributed by atoms with E-state index in [0.717, 1.165) is 0 Å². The Morgan fingerprint density at radius 1 is 1.73 bits per heavy atom. The molecule has 0 fully saturated rings. The fourth-order valence-electron chi connectivity index (χ4n) is 1.16. The zero-order chi connectivity index (χ0) is 8.27. The fourth-order valence-corrected chi connectivity index (χ4v) is 1.16. The summed E-state index contributed by atoms with van der Waals surface area (Å²) in [6, 6.07) is 0. The highest BCUT2D eigenvalue weighted by atomic mass is 16.3. The summed E-state index contributed by atoms with van der Waals surface area (Å²) in [5.41, 5.74) is 0. The molecule has 60 valence electrons. The van der Waals surface area contributed by atoms with Crippen LogP contribution in [0.4, 0.5) is 0 Å². The lowest BCUT2D eigenvalue weighted by molar-refractivity contribution is -0.119. The Morgan fingerprint density at radius 2 is 2.45 bits per heavy atom. The standard InChI is InChI=1S/C9H12O2/c1-2-3-4-7-8(10)5-6-9(7)11/h2-3,5-8,10H,4H2,1H3/b3-2+/t7-,8-/m0/s1. The molecule has 11 heavy (non-hydrogen) atoms. The molecule has 0 aromatic carbocycles. The molecule has 0 aromatic rings. The maximum absolute atomic E-state index is 11.0. The van der Waals surface area contributed by atoms with E-state index in [2.05, 4.69) is 0 Å². The van der Waals surface area contributed by atoms with Gasteiger partial charge >= 0.3 is 0 Å². The second-order valence-corrected chi connectivity index (χ2v) is 2.66. The summed E-state index contributed by atoms with van der Waals surface area (Å²) >= 11 is 0. The highest BCUT2D eigenvalue weighted by molar-refractivity contribution is 5.95. The molecule has 0 aromatic heterocycles. The van der Waals surface area contributed by atoms with Gasteiger partial charge in [0.05, 0.1) is 12.0 Å². The molecule has 0 unspecified atom stereocenters. The van der Waals surface area contributed by atoms with Gasteiger partial charge in [0.25, 0.3) is 0 Å². The summed E-state index contributed by atoms with van der Waals surface area (Å²) in [6.07, 6.45) is 6.87. The van der Waals surface area contributed by atoms with Crippen molar-refractivity contribution in [3.63, 3.8) is 0 Å². The minimum absolute atomic E-state index is 0.0376. The molecule has 2 atom stereocenters. The third-order valence-corrected chi connectivity index (χ3v) is 1.86. The molecule has 0 bridgehead atoms. The van der Waals surface area contributed by atoms with Crippen LogP contribution in [0.5, 0.6) is 0 Å². The van der Waals surface area contributed by atoms with Crippen LogP contribution in [0.2, 0.25) is 0 Å². The molecule has 1 rings (SSSR count). The molecule has 0 aliphatic heterocycles. The topological polar surface area (TPSA) is 37.3 Å². The number of ketones is 1. The number of carbonyl (C=O) groups is 1. The lowest BCUT2D eigenvalue weighted by Crippen LogP contribution is -2.18. The summed E-state index contributed by atoms with van der Waals surface area (Å²) in [6.45, 7) is 1.90. The Balaban J connectivity index is 2.52. The van der Waals surface area contributed by atoms with Crippen molar-refractivity contribution in [3.05, 3.63) is 24.3 Å². The van der Waals surface area contributed by atoms with Gasteiger partial charge < -0.3 is 5.11 Å². The number of rotatable bonds is 2. The predicted octanol–water partition coefficient (Wildman–Crippen LogP) is 1.07. The Kier molecular flexibility index (Phi) is 2.60. The number of hydrogen-bond acceptors (Lipinski definition) is 2. The van der Waals surface area contributed by atoms with Gasteiger partial charge in [-0.1, -0.05) is 18.2 Å². The minimum atomic E-state index is -0.571. The van der Waals surface area contributed by atoms with Crippen molar-refractivity contribution in [2.75, 3.05) is 0 Å². The van der Waals surface area contributed by atoms with Gasteiger partial charge in [0, 0.05) is 0 Å². The smallest absolute Gasteiger partial charge is 0.161 e. The first kappa shape index (κ1) is 8.21. The Hall–Kier alpha value is -0.890. The van der Waals surface area contributed by atoms with E-state index in [-0.39, 0.29) is 11.7 Å². The van der Waals surface area contributed by atoms with Crippen LogP contribution in [0.1, 0.15) is 13.3 Å². The molecule has 0 amide bonds. The van der Waals surface area contributed by atoms with Gasteiger partial charge in [0.1, 0.15) is 0 Å². The van der Waals surface area contributed by atoms with Gasteiger partial charge in [-0.3, -0.25) is 4.79 Å². The molecular formula is C9H12O2. The van der Waals surface area contributed by atoms with E-state index in [4.69, 9.17) is 0 Å². The summed E-state index contributed by atoms with van der Waals surface area (Å²) in [7, 11) is 0. The molecule has 2 nitrogen and oxygen atoms in total. The molecule has 2 heteroatoms. The zero-order valence-corrected chi connectivity index (χ0v) is 6.53. The number of carbonyl (C=O) groups excluding carboxylic acids is 1. The number of aliphatic hydroxyl groups is 1. The average molecular weight is 152 g/mol.